The highest BCUT2D eigenvalue weighted by atomic mass is 15.3. The Morgan fingerprint density at radius 1 is 0.875 bits per heavy atom. The van der Waals surface area contributed by atoms with Crippen LogP contribution in [-0.4, -0.2) is 29.6 Å². The van der Waals surface area contributed by atoms with Gasteiger partial charge in [0.05, 0.1) is 0 Å². The average Bonchev–Trinajstić information content (AvgIpc) is 2.80. The summed E-state index contributed by atoms with van der Waals surface area (Å²) in [7, 11) is 0. The number of hydrogen-bond donors (Lipinski definition) is 1. The van der Waals surface area contributed by atoms with Gasteiger partial charge in [-0.2, -0.15) is 0 Å². The molecule has 0 aromatic rings. The Morgan fingerprint density at radius 2 is 1.62 bits per heavy atom. The number of fused-ring (bicyclic) bond motifs is 2. The lowest BCUT2D eigenvalue weighted by atomic mass is 9.95. The minimum atomic E-state index is 0.738. The highest BCUT2D eigenvalue weighted by Gasteiger charge is 2.47. The minimum absolute atomic E-state index is 0.738. The number of nitrogens with two attached hydrogens (primary N) is 1. The Labute approximate surface area is 99.6 Å². The maximum atomic E-state index is 6.01. The molecule has 2 heteroatoms. The molecule has 2 saturated carbocycles. The molecule has 0 aromatic heterocycles. The van der Waals surface area contributed by atoms with Gasteiger partial charge in [-0.05, 0) is 38.0 Å². The highest BCUT2D eigenvalue weighted by Crippen LogP contribution is 2.44. The molecule has 0 spiro atoms. The second-order valence-electron chi connectivity index (χ2n) is 6.12. The standard InChI is InChI=1S/C14H26N2/c15-10-14-11-7-8-13(9-11)16(14)12-5-3-1-2-4-6-12/h11-14H,1-10,15H2. The van der Waals surface area contributed by atoms with Crippen molar-refractivity contribution in [1.29, 1.82) is 0 Å². The van der Waals surface area contributed by atoms with Crippen LogP contribution in [0.2, 0.25) is 0 Å². The van der Waals surface area contributed by atoms with E-state index in [1.165, 1.54) is 57.8 Å². The van der Waals surface area contributed by atoms with Crippen LogP contribution < -0.4 is 5.73 Å². The zero-order valence-corrected chi connectivity index (χ0v) is 10.4. The van der Waals surface area contributed by atoms with Gasteiger partial charge in [-0.15, -0.1) is 0 Å². The maximum absolute atomic E-state index is 6.01. The smallest absolute Gasteiger partial charge is 0.0253 e. The lowest BCUT2D eigenvalue weighted by molar-refractivity contribution is 0.0808. The van der Waals surface area contributed by atoms with Gasteiger partial charge in [0.1, 0.15) is 0 Å². The Bertz CT molecular complexity index is 233. The summed E-state index contributed by atoms with van der Waals surface area (Å²) in [6.45, 7) is 0.900. The van der Waals surface area contributed by atoms with Gasteiger partial charge in [0.15, 0.2) is 0 Å². The van der Waals surface area contributed by atoms with Crippen molar-refractivity contribution < 1.29 is 0 Å². The molecule has 92 valence electrons. The number of nitrogens with zero attached hydrogens (tertiary/aromatic N) is 1. The Morgan fingerprint density at radius 3 is 2.31 bits per heavy atom. The molecule has 2 nitrogen and oxygen atoms in total. The van der Waals surface area contributed by atoms with Crippen molar-refractivity contribution in [3.8, 4) is 0 Å². The Kier molecular flexibility index (Phi) is 3.21. The molecule has 16 heavy (non-hydrogen) atoms. The van der Waals surface area contributed by atoms with Gasteiger partial charge < -0.3 is 5.73 Å². The topological polar surface area (TPSA) is 29.3 Å². The van der Waals surface area contributed by atoms with E-state index in [-0.39, 0.29) is 0 Å². The number of likely N-dealkylation sites (tertiary alicyclic amines) is 1. The lowest BCUT2D eigenvalue weighted by Crippen LogP contribution is -2.50. The molecule has 2 N–H and O–H groups in total. The third-order valence-electron chi connectivity index (χ3n) is 5.28. The molecule has 3 aliphatic rings. The first-order valence-corrected chi connectivity index (χ1v) is 7.37. The Hall–Kier alpha value is -0.0800. The quantitative estimate of drug-likeness (QED) is 0.727. The fourth-order valence-electron chi connectivity index (χ4n) is 4.57. The van der Waals surface area contributed by atoms with Crippen LogP contribution in [0.4, 0.5) is 0 Å². The molecule has 1 saturated heterocycles. The van der Waals surface area contributed by atoms with E-state index in [0.29, 0.717) is 0 Å². The van der Waals surface area contributed by atoms with E-state index in [9.17, 15) is 0 Å². The molecule has 3 rings (SSSR count). The van der Waals surface area contributed by atoms with Crippen molar-refractivity contribution in [3.05, 3.63) is 0 Å². The molecule has 0 radical (unpaired) electrons. The third-order valence-corrected chi connectivity index (χ3v) is 5.28. The average molecular weight is 222 g/mol. The number of hydrogen-bond acceptors (Lipinski definition) is 2. The van der Waals surface area contributed by atoms with Crippen molar-refractivity contribution in [1.82, 2.24) is 4.90 Å². The fourth-order valence-corrected chi connectivity index (χ4v) is 4.57. The summed E-state index contributed by atoms with van der Waals surface area (Å²) in [5, 5.41) is 0. The van der Waals surface area contributed by atoms with Gasteiger partial charge in [-0.25, -0.2) is 0 Å². The van der Waals surface area contributed by atoms with E-state index in [4.69, 9.17) is 5.73 Å². The first kappa shape index (κ1) is 11.0. The minimum Gasteiger partial charge on any atom is -0.329 e. The SMILES string of the molecule is NCC1C2CCC(C2)N1C1CCCCCC1. The molecule has 3 atom stereocenters. The van der Waals surface area contributed by atoms with Gasteiger partial charge in [0.25, 0.3) is 0 Å². The molecular formula is C14H26N2. The molecule has 1 heterocycles. The third kappa shape index (κ3) is 1.80. The lowest BCUT2D eigenvalue weighted by Gasteiger charge is -2.40. The van der Waals surface area contributed by atoms with E-state index in [1.807, 2.05) is 0 Å². The first-order chi connectivity index (χ1) is 7.90. The molecule has 0 aromatic carbocycles. The normalized spacial score (nSPS) is 41.4. The van der Waals surface area contributed by atoms with Gasteiger partial charge in [-0.3, -0.25) is 4.90 Å². The van der Waals surface area contributed by atoms with Crippen LogP contribution in [0.5, 0.6) is 0 Å². The van der Waals surface area contributed by atoms with Crippen LogP contribution in [0.3, 0.4) is 0 Å². The maximum Gasteiger partial charge on any atom is 0.0253 e. The second kappa shape index (κ2) is 4.66. The summed E-state index contributed by atoms with van der Waals surface area (Å²) in [6.07, 6.45) is 13.1. The molecular weight excluding hydrogens is 196 g/mol. The highest BCUT2D eigenvalue weighted by molar-refractivity contribution is 5.02. The second-order valence-corrected chi connectivity index (χ2v) is 6.12. The van der Waals surface area contributed by atoms with Crippen LogP contribution >= 0.6 is 0 Å². The van der Waals surface area contributed by atoms with Gasteiger partial charge in [0.2, 0.25) is 0 Å². The Balaban J connectivity index is 1.71. The van der Waals surface area contributed by atoms with Crippen LogP contribution in [0, 0.1) is 5.92 Å². The van der Waals surface area contributed by atoms with Gasteiger partial charge >= 0.3 is 0 Å². The van der Waals surface area contributed by atoms with E-state index in [2.05, 4.69) is 4.90 Å². The monoisotopic (exact) mass is 222 g/mol. The van der Waals surface area contributed by atoms with Crippen molar-refractivity contribution in [2.75, 3.05) is 6.54 Å². The predicted molar refractivity (Wildman–Crippen MR) is 67.3 cm³/mol. The van der Waals surface area contributed by atoms with Gasteiger partial charge in [0, 0.05) is 24.7 Å². The summed E-state index contributed by atoms with van der Waals surface area (Å²) in [5.74, 6) is 0.943. The molecule has 3 unspecified atom stereocenters. The van der Waals surface area contributed by atoms with Crippen LogP contribution in [0.1, 0.15) is 57.8 Å². The van der Waals surface area contributed by atoms with Crippen molar-refractivity contribution in [3.63, 3.8) is 0 Å². The first-order valence-electron chi connectivity index (χ1n) is 7.37. The van der Waals surface area contributed by atoms with Crippen LogP contribution in [-0.2, 0) is 0 Å². The largest absolute Gasteiger partial charge is 0.329 e. The van der Waals surface area contributed by atoms with E-state index in [0.717, 1.165) is 30.6 Å². The molecule has 2 aliphatic carbocycles. The number of rotatable bonds is 2. The van der Waals surface area contributed by atoms with E-state index >= 15 is 0 Å². The molecule has 3 fully saturated rings. The molecule has 1 aliphatic heterocycles. The van der Waals surface area contributed by atoms with Gasteiger partial charge in [-0.1, -0.05) is 25.7 Å². The summed E-state index contributed by atoms with van der Waals surface area (Å²) in [5.41, 5.74) is 6.01. The summed E-state index contributed by atoms with van der Waals surface area (Å²) in [6, 6.07) is 2.52. The fraction of sp³-hybridized carbons (Fsp3) is 1.00. The van der Waals surface area contributed by atoms with Crippen molar-refractivity contribution in [2.24, 2.45) is 11.7 Å². The van der Waals surface area contributed by atoms with E-state index in [1.54, 1.807) is 0 Å². The molecule has 2 bridgehead atoms. The van der Waals surface area contributed by atoms with Crippen LogP contribution in [0.15, 0.2) is 0 Å². The van der Waals surface area contributed by atoms with E-state index < -0.39 is 0 Å². The zero-order valence-electron chi connectivity index (χ0n) is 10.4. The summed E-state index contributed by atoms with van der Waals surface area (Å²) in [4.78, 5) is 2.86. The molecule has 0 amide bonds. The summed E-state index contributed by atoms with van der Waals surface area (Å²) < 4.78 is 0. The van der Waals surface area contributed by atoms with Crippen molar-refractivity contribution in [2.45, 2.75) is 75.9 Å². The summed E-state index contributed by atoms with van der Waals surface area (Å²) >= 11 is 0. The zero-order chi connectivity index (χ0) is 11.0. The van der Waals surface area contributed by atoms with Crippen molar-refractivity contribution >= 4 is 0 Å². The number of piperidine rings is 1. The van der Waals surface area contributed by atoms with Crippen LogP contribution in [0.25, 0.3) is 0 Å². The predicted octanol–water partition coefficient (Wildman–Crippen LogP) is 2.52.